The highest BCUT2D eigenvalue weighted by molar-refractivity contribution is 5.94. The van der Waals surface area contributed by atoms with E-state index in [1.54, 1.807) is 4.90 Å². The third kappa shape index (κ3) is 2.79. The molecule has 1 aliphatic rings. The summed E-state index contributed by atoms with van der Waals surface area (Å²) in [5.41, 5.74) is 0.371. The Bertz CT molecular complexity index is 422. The van der Waals surface area contributed by atoms with Gasteiger partial charge >= 0.3 is 0 Å². The van der Waals surface area contributed by atoms with Crippen molar-refractivity contribution in [2.75, 3.05) is 13.2 Å². The van der Waals surface area contributed by atoms with Gasteiger partial charge in [0.1, 0.15) is 5.75 Å². The molecule has 1 aromatic rings. The molecule has 0 radical (unpaired) electrons. The molecule has 1 unspecified atom stereocenters. The fourth-order valence-corrected chi connectivity index (χ4v) is 2.35. The van der Waals surface area contributed by atoms with E-state index in [4.69, 9.17) is 0 Å². The average Bonchev–Trinajstić information content (AvgIpc) is 2.62. The number of aliphatic hydroxyl groups is 1. The number of aliphatic hydroxyl groups excluding tert-OH is 1. The molecule has 1 amide bonds. The van der Waals surface area contributed by atoms with Crippen molar-refractivity contribution in [2.45, 2.75) is 31.7 Å². The summed E-state index contributed by atoms with van der Waals surface area (Å²) >= 11 is 0. The maximum atomic E-state index is 12.3. The number of hydrogen-bond donors (Lipinski definition) is 2. The number of aromatic hydroxyl groups is 1. The summed E-state index contributed by atoms with van der Waals surface area (Å²) in [6.07, 6.45) is 6.64. The fraction of sp³-hybridized carbons (Fsp3) is 0.538. The topological polar surface area (TPSA) is 73.7 Å². The van der Waals surface area contributed by atoms with Crippen LogP contribution in [0.25, 0.3) is 0 Å². The summed E-state index contributed by atoms with van der Waals surface area (Å²) in [7, 11) is 0. The Kier molecular flexibility index (Phi) is 4.15. The number of likely N-dealkylation sites (tertiary alicyclic amines) is 1. The van der Waals surface area contributed by atoms with Crippen LogP contribution >= 0.6 is 0 Å². The van der Waals surface area contributed by atoms with E-state index in [1.807, 2.05) is 0 Å². The Labute approximate surface area is 106 Å². The molecular formula is C13H18N2O3. The van der Waals surface area contributed by atoms with E-state index in [2.05, 4.69) is 4.98 Å². The quantitative estimate of drug-likeness (QED) is 0.826. The largest absolute Gasteiger partial charge is 0.506 e. The molecule has 1 aromatic heterocycles. The van der Waals surface area contributed by atoms with Gasteiger partial charge in [0.2, 0.25) is 0 Å². The van der Waals surface area contributed by atoms with Crippen molar-refractivity contribution in [3.63, 3.8) is 0 Å². The molecule has 0 saturated carbocycles. The van der Waals surface area contributed by atoms with Gasteiger partial charge in [-0.2, -0.15) is 0 Å². The first-order valence-corrected chi connectivity index (χ1v) is 6.28. The lowest BCUT2D eigenvalue weighted by Gasteiger charge is -2.28. The molecule has 0 aromatic carbocycles. The number of amides is 1. The van der Waals surface area contributed by atoms with Gasteiger partial charge in [-0.25, -0.2) is 0 Å². The number of carbonyl (C=O) groups excluding carboxylic acids is 1. The molecule has 98 valence electrons. The molecule has 2 N–H and O–H groups in total. The minimum Gasteiger partial charge on any atom is -0.506 e. The lowest BCUT2D eigenvalue weighted by atomic mass is 10.1. The number of hydrogen-bond acceptors (Lipinski definition) is 4. The van der Waals surface area contributed by atoms with Crippen LogP contribution in [0.3, 0.4) is 0 Å². The number of rotatable bonds is 2. The lowest BCUT2D eigenvalue weighted by molar-refractivity contribution is 0.0599. The van der Waals surface area contributed by atoms with Gasteiger partial charge in [0.05, 0.1) is 24.4 Å². The van der Waals surface area contributed by atoms with Gasteiger partial charge in [0.15, 0.2) is 0 Å². The standard InChI is InChI=1S/C13H18N2O3/c16-9-11-4-2-1-3-5-15(11)13(18)10-6-12(17)8-14-7-10/h6-8,11,16-17H,1-5,9H2. The monoisotopic (exact) mass is 250 g/mol. The van der Waals surface area contributed by atoms with Crippen LogP contribution in [0, 0.1) is 0 Å². The maximum absolute atomic E-state index is 12.3. The van der Waals surface area contributed by atoms with Crippen molar-refractivity contribution >= 4 is 5.91 Å². The fourth-order valence-electron chi connectivity index (χ4n) is 2.35. The van der Waals surface area contributed by atoms with Crippen LogP contribution in [-0.4, -0.2) is 45.2 Å². The summed E-state index contributed by atoms with van der Waals surface area (Å²) in [5, 5.41) is 18.7. The molecule has 1 atom stereocenters. The van der Waals surface area contributed by atoms with Gasteiger partial charge < -0.3 is 15.1 Å². The van der Waals surface area contributed by atoms with Gasteiger partial charge in [-0.1, -0.05) is 12.8 Å². The minimum absolute atomic E-state index is 0.0159. The first-order valence-electron chi connectivity index (χ1n) is 6.28. The zero-order valence-electron chi connectivity index (χ0n) is 10.2. The maximum Gasteiger partial charge on any atom is 0.255 e. The van der Waals surface area contributed by atoms with Crippen molar-refractivity contribution in [3.05, 3.63) is 24.0 Å². The molecule has 2 rings (SSSR count). The van der Waals surface area contributed by atoms with E-state index in [0.717, 1.165) is 25.7 Å². The van der Waals surface area contributed by atoms with Gasteiger partial charge in [-0.15, -0.1) is 0 Å². The summed E-state index contributed by atoms with van der Waals surface area (Å²) in [6, 6.07) is 1.29. The molecule has 1 fully saturated rings. The molecule has 0 aliphatic carbocycles. The Balaban J connectivity index is 2.19. The smallest absolute Gasteiger partial charge is 0.255 e. The highest BCUT2D eigenvalue weighted by Gasteiger charge is 2.25. The van der Waals surface area contributed by atoms with E-state index in [-0.39, 0.29) is 24.3 Å². The average molecular weight is 250 g/mol. The van der Waals surface area contributed by atoms with E-state index in [0.29, 0.717) is 12.1 Å². The molecule has 18 heavy (non-hydrogen) atoms. The number of aromatic nitrogens is 1. The molecule has 1 aliphatic heterocycles. The van der Waals surface area contributed by atoms with Crippen molar-refractivity contribution in [1.29, 1.82) is 0 Å². The van der Waals surface area contributed by atoms with Crippen LogP contribution in [0.4, 0.5) is 0 Å². The second-order valence-electron chi connectivity index (χ2n) is 4.62. The van der Waals surface area contributed by atoms with Gasteiger partial charge in [-0.05, 0) is 18.9 Å². The van der Waals surface area contributed by atoms with E-state index in [1.165, 1.54) is 18.5 Å². The zero-order chi connectivity index (χ0) is 13.0. The van der Waals surface area contributed by atoms with Crippen molar-refractivity contribution in [2.24, 2.45) is 0 Å². The zero-order valence-corrected chi connectivity index (χ0v) is 10.2. The van der Waals surface area contributed by atoms with Crippen LogP contribution in [-0.2, 0) is 0 Å². The van der Waals surface area contributed by atoms with E-state index in [9.17, 15) is 15.0 Å². The normalized spacial score (nSPS) is 20.5. The SMILES string of the molecule is O=C(c1cncc(O)c1)N1CCCCCC1CO. The van der Waals surface area contributed by atoms with Crippen LogP contribution in [0.5, 0.6) is 5.75 Å². The van der Waals surface area contributed by atoms with Crippen molar-refractivity contribution < 1.29 is 15.0 Å². The van der Waals surface area contributed by atoms with E-state index < -0.39 is 0 Å². The second-order valence-corrected chi connectivity index (χ2v) is 4.62. The molecule has 5 nitrogen and oxygen atoms in total. The molecular weight excluding hydrogens is 232 g/mol. The third-order valence-electron chi connectivity index (χ3n) is 3.32. The van der Waals surface area contributed by atoms with E-state index >= 15 is 0 Å². The van der Waals surface area contributed by atoms with Crippen LogP contribution in [0.1, 0.15) is 36.0 Å². The highest BCUT2D eigenvalue weighted by atomic mass is 16.3. The lowest BCUT2D eigenvalue weighted by Crippen LogP contribution is -2.42. The summed E-state index contributed by atoms with van der Waals surface area (Å²) in [4.78, 5) is 17.9. The number of nitrogens with zero attached hydrogens (tertiary/aromatic N) is 2. The molecule has 0 spiro atoms. The summed E-state index contributed by atoms with van der Waals surface area (Å²) in [6.45, 7) is 0.637. The Morgan fingerprint density at radius 1 is 1.39 bits per heavy atom. The summed E-state index contributed by atoms with van der Waals surface area (Å²) in [5.74, 6) is -0.185. The second kappa shape index (κ2) is 5.82. The van der Waals surface area contributed by atoms with Crippen LogP contribution in [0.15, 0.2) is 18.5 Å². The molecule has 0 bridgehead atoms. The number of pyridine rings is 1. The molecule has 2 heterocycles. The Hall–Kier alpha value is -1.62. The van der Waals surface area contributed by atoms with Gasteiger partial charge in [0, 0.05) is 12.7 Å². The first kappa shape index (κ1) is 12.8. The van der Waals surface area contributed by atoms with Crippen molar-refractivity contribution in [3.8, 4) is 5.75 Å². The van der Waals surface area contributed by atoms with Gasteiger partial charge in [-0.3, -0.25) is 9.78 Å². The Morgan fingerprint density at radius 2 is 2.22 bits per heavy atom. The minimum atomic E-state index is -0.167. The van der Waals surface area contributed by atoms with Crippen LogP contribution in [0.2, 0.25) is 0 Å². The highest BCUT2D eigenvalue weighted by Crippen LogP contribution is 2.20. The van der Waals surface area contributed by atoms with Crippen LogP contribution < -0.4 is 0 Å². The first-order chi connectivity index (χ1) is 8.72. The third-order valence-corrected chi connectivity index (χ3v) is 3.32. The Morgan fingerprint density at radius 3 is 2.94 bits per heavy atom. The predicted molar refractivity (Wildman–Crippen MR) is 66.3 cm³/mol. The summed E-state index contributed by atoms with van der Waals surface area (Å²) < 4.78 is 0. The van der Waals surface area contributed by atoms with Gasteiger partial charge in [0.25, 0.3) is 5.91 Å². The predicted octanol–water partition coefficient (Wildman–Crippen LogP) is 1.16. The van der Waals surface area contributed by atoms with Crippen molar-refractivity contribution in [1.82, 2.24) is 9.88 Å². The number of carbonyl (C=O) groups is 1. The molecule has 1 saturated heterocycles. The molecule has 5 heteroatoms.